The Morgan fingerprint density at radius 1 is 1.33 bits per heavy atom. The normalized spacial score (nSPS) is 25.0. The Hall–Kier alpha value is -0.390. The number of hydrogen-bond donors (Lipinski definition) is 0. The summed E-state index contributed by atoms with van der Waals surface area (Å²) in [4.78, 5) is 12.7. The number of thioether (sulfide) groups is 1. The number of carbonyl (C=O) groups is 1. The molecule has 1 aromatic rings. The molecule has 1 unspecified atom stereocenters. The van der Waals surface area contributed by atoms with Gasteiger partial charge in [0.1, 0.15) is 5.82 Å². The average molecular weight is 373 g/mol. The van der Waals surface area contributed by atoms with E-state index in [2.05, 4.69) is 15.9 Å². The molecule has 2 aliphatic heterocycles. The van der Waals surface area contributed by atoms with Gasteiger partial charge in [-0.05, 0) is 55.4 Å². The number of carbonyl (C=O) groups excluding carboxylic acids is 1. The molecule has 2 saturated heterocycles. The van der Waals surface area contributed by atoms with Crippen LogP contribution in [0.3, 0.4) is 0 Å². The number of rotatable bonds is 2. The van der Waals surface area contributed by atoms with Crippen LogP contribution in [-0.4, -0.2) is 29.5 Å². The van der Waals surface area contributed by atoms with E-state index >= 15 is 0 Å². The minimum absolute atomic E-state index is 0.0458. The van der Waals surface area contributed by atoms with E-state index in [4.69, 9.17) is 4.74 Å². The third-order valence-corrected chi connectivity index (χ3v) is 5.86. The van der Waals surface area contributed by atoms with Gasteiger partial charge in [0.05, 0.1) is 5.60 Å². The zero-order valence-corrected chi connectivity index (χ0v) is 14.1. The second-order valence-corrected chi connectivity index (χ2v) is 8.00. The SMILES string of the molecule is O=C(c1cc(F)cc(Br)c1)C1CCOC2(CCSCC2)C1. The maximum absolute atomic E-state index is 13.5. The molecule has 0 radical (unpaired) electrons. The molecule has 0 bridgehead atoms. The van der Waals surface area contributed by atoms with Crippen LogP contribution in [0.15, 0.2) is 22.7 Å². The van der Waals surface area contributed by atoms with E-state index in [0.717, 1.165) is 37.2 Å². The Morgan fingerprint density at radius 2 is 2.10 bits per heavy atom. The first-order chi connectivity index (χ1) is 10.1. The van der Waals surface area contributed by atoms with Crippen molar-refractivity contribution in [3.8, 4) is 0 Å². The highest BCUT2D eigenvalue weighted by molar-refractivity contribution is 9.10. The molecule has 2 heterocycles. The summed E-state index contributed by atoms with van der Waals surface area (Å²) in [6.45, 7) is 0.636. The molecule has 0 amide bonds. The number of hydrogen-bond acceptors (Lipinski definition) is 3. The van der Waals surface area contributed by atoms with Crippen LogP contribution >= 0.6 is 27.7 Å². The lowest BCUT2D eigenvalue weighted by Crippen LogP contribution is -2.44. The largest absolute Gasteiger partial charge is 0.375 e. The van der Waals surface area contributed by atoms with Crippen LogP contribution in [0.2, 0.25) is 0 Å². The van der Waals surface area contributed by atoms with E-state index < -0.39 is 0 Å². The maximum atomic E-state index is 13.5. The highest BCUT2D eigenvalue weighted by atomic mass is 79.9. The third-order valence-electron chi connectivity index (χ3n) is 4.41. The summed E-state index contributed by atoms with van der Waals surface area (Å²) in [5, 5.41) is 0. The fraction of sp³-hybridized carbons (Fsp3) is 0.562. The molecule has 1 atom stereocenters. The van der Waals surface area contributed by atoms with Crippen LogP contribution in [-0.2, 0) is 4.74 Å². The molecule has 3 rings (SSSR count). The van der Waals surface area contributed by atoms with E-state index in [1.54, 1.807) is 6.07 Å². The Bertz CT molecular complexity index is 517. The summed E-state index contributed by atoms with van der Waals surface area (Å²) < 4.78 is 20.1. The molecule has 2 nitrogen and oxygen atoms in total. The fourth-order valence-corrected chi connectivity index (χ4v) is 4.98. The van der Waals surface area contributed by atoms with Gasteiger partial charge in [-0.25, -0.2) is 4.39 Å². The van der Waals surface area contributed by atoms with Gasteiger partial charge in [-0.15, -0.1) is 0 Å². The maximum Gasteiger partial charge on any atom is 0.166 e. The minimum Gasteiger partial charge on any atom is -0.375 e. The van der Waals surface area contributed by atoms with Crippen molar-refractivity contribution in [3.05, 3.63) is 34.1 Å². The van der Waals surface area contributed by atoms with Gasteiger partial charge in [-0.1, -0.05) is 15.9 Å². The van der Waals surface area contributed by atoms with Crippen LogP contribution in [0.1, 0.15) is 36.0 Å². The zero-order valence-electron chi connectivity index (χ0n) is 11.7. The summed E-state index contributed by atoms with van der Waals surface area (Å²) in [5.41, 5.74) is 0.350. The number of ether oxygens (including phenoxy) is 1. The van der Waals surface area contributed by atoms with Crippen LogP contribution in [0, 0.1) is 11.7 Å². The van der Waals surface area contributed by atoms with E-state index in [1.807, 2.05) is 11.8 Å². The van der Waals surface area contributed by atoms with Gasteiger partial charge in [-0.2, -0.15) is 11.8 Å². The van der Waals surface area contributed by atoms with Gasteiger partial charge in [0.15, 0.2) is 5.78 Å². The Labute approximate surface area is 137 Å². The average Bonchev–Trinajstić information content (AvgIpc) is 2.46. The Morgan fingerprint density at radius 3 is 2.81 bits per heavy atom. The van der Waals surface area contributed by atoms with Crippen LogP contribution in [0.4, 0.5) is 4.39 Å². The molecule has 21 heavy (non-hydrogen) atoms. The molecule has 2 fully saturated rings. The first-order valence-electron chi connectivity index (χ1n) is 7.30. The summed E-state index contributed by atoms with van der Waals surface area (Å²) in [6.07, 6.45) is 3.56. The van der Waals surface area contributed by atoms with E-state index in [-0.39, 0.29) is 23.1 Å². The fourth-order valence-electron chi connectivity index (χ4n) is 3.28. The number of halogens is 2. The molecular formula is C16H18BrFO2S. The highest BCUT2D eigenvalue weighted by Crippen LogP contribution is 2.40. The van der Waals surface area contributed by atoms with Crippen molar-refractivity contribution in [2.45, 2.75) is 31.3 Å². The van der Waals surface area contributed by atoms with E-state index in [1.165, 1.54) is 12.1 Å². The molecule has 5 heteroatoms. The molecule has 0 aliphatic carbocycles. The third kappa shape index (κ3) is 3.51. The molecule has 2 aliphatic rings. The van der Waals surface area contributed by atoms with Gasteiger partial charge in [-0.3, -0.25) is 4.79 Å². The van der Waals surface area contributed by atoms with Crippen molar-refractivity contribution >= 4 is 33.5 Å². The molecule has 1 spiro atoms. The second kappa shape index (κ2) is 6.39. The van der Waals surface area contributed by atoms with Crippen LogP contribution in [0.25, 0.3) is 0 Å². The van der Waals surface area contributed by atoms with E-state index in [0.29, 0.717) is 16.6 Å². The summed E-state index contributed by atoms with van der Waals surface area (Å²) in [7, 11) is 0. The molecule has 0 saturated carbocycles. The lowest BCUT2D eigenvalue weighted by atomic mass is 9.79. The molecule has 1 aromatic carbocycles. The van der Waals surface area contributed by atoms with Crippen molar-refractivity contribution in [2.24, 2.45) is 5.92 Å². The molecule has 114 valence electrons. The number of benzene rings is 1. The summed E-state index contributed by atoms with van der Waals surface area (Å²) >= 11 is 5.21. The van der Waals surface area contributed by atoms with Crippen molar-refractivity contribution in [2.75, 3.05) is 18.1 Å². The first kappa shape index (κ1) is 15.5. The number of Topliss-reactive ketones (excluding diaryl/α,β-unsaturated/α-hetero) is 1. The standard InChI is InChI=1S/C16H18BrFO2S/c17-13-7-12(8-14(18)9-13)15(19)11-1-4-20-16(10-11)2-5-21-6-3-16/h7-9,11H,1-6,10H2. The predicted molar refractivity (Wildman–Crippen MR) is 86.4 cm³/mol. The van der Waals surface area contributed by atoms with Crippen molar-refractivity contribution in [3.63, 3.8) is 0 Å². The topological polar surface area (TPSA) is 26.3 Å². The number of ketones is 1. The Kier molecular flexibility index (Phi) is 4.71. The van der Waals surface area contributed by atoms with Gasteiger partial charge >= 0.3 is 0 Å². The predicted octanol–water partition coefficient (Wildman–Crippen LogP) is 4.46. The van der Waals surface area contributed by atoms with Gasteiger partial charge in [0.25, 0.3) is 0 Å². The quantitative estimate of drug-likeness (QED) is 0.716. The van der Waals surface area contributed by atoms with Crippen LogP contribution < -0.4 is 0 Å². The smallest absolute Gasteiger partial charge is 0.166 e. The molecule has 0 N–H and O–H groups in total. The lowest BCUT2D eigenvalue weighted by molar-refractivity contribution is -0.0959. The highest BCUT2D eigenvalue weighted by Gasteiger charge is 2.41. The van der Waals surface area contributed by atoms with Crippen molar-refractivity contribution in [1.82, 2.24) is 0 Å². The second-order valence-electron chi connectivity index (χ2n) is 5.86. The van der Waals surface area contributed by atoms with Gasteiger partial charge in [0, 0.05) is 22.6 Å². The van der Waals surface area contributed by atoms with Gasteiger partial charge < -0.3 is 4.74 Å². The van der Waals surface area contributed by atoms with Crippen LogP contribution in [0.5, 0.6) is 0 Å². The molecular weight excluding hydrogens is 355 g/mol. The minimum atomic E-state index is -0.372. The molecule has 0 aromatic heterocycles. The zero-order chi connectivity index (χ0) is 14.9. The summed E-state index contributed by atoms with van der Waals surface area (Å²) in [5.74, 6) is 1.84. The van der Waals surface area contributed by atoms with E-state index in [9.17, 15) is 9.18 Å². The van der Waals surface area contributed by atoms with Crippen molar-refractivity contribution in [1.29, 1.82) is 0 Å². The first-order valence-corrected chi connectivity index (χ1v) is 9.25. The van der Waals surface area contributed by atoms with Gasteiger partial charge in [0.2, 0.25) is 0 Å². The summed E-state index contributed by atoms with van der Waals surface area (Å²) in [6, 6.07) is 4.43. The van der Waals surface area contributed by atoms with Crippen molar-refractivity contribution < 1.29 is 13.9 Å². The monoisotopic (exact) mass is 372 g/mol. The Balaban J connectivity index is 1.77. The lowest BCUT2D eigenvalue weighted by Gasteiger charge is -2.42.